The van der Waals surface area contributed by atoms with Crippen molar-refractivity contribution in [1.29, 1.82) is 0 Å². The highest BCUT2D eigenvalue weighted by atomic mass is 32.2. The molecule has 0 aliphatic carbocycles. The van der Waals surface area contributed by atoms with Gasteiger partial charge in [0.05, 0.1) is 17.1 Å². The van der Waals surface area contributed by atoms with Crippen LogP contribution < -0.4 is 10.5 Å². The first kappa shape index (κ1) is 15.4. The summed E-state index contributed by atoms with van der Waals surface area (Å²) in [5.74, 6) is 0.603. The smallest absolute Gasteiger partial charge is 0.241 e. The molecule has 0 fully saturated rings. The van der Waals surface area contributed by atoms with Gasteiger partial charge in [-0.15, -0.1) is 0 Å². The molecule has 2 rings (SSSR count). The van der Waals surface area contributed by atoms with Crippen LogP contribution in [-0.2, 0) is 16.6 Å². The van der Waals surface area contributed by atoms with E-state index in [-0.39, 0.29) is 11.4 Å². The Bertz CT molecular complexity index is 749. The van der Waals surface area contributed by atoms with E-state index >= 15 is 0 Å². The Morgan fingerprint density at radius 3 is 2.38 bits per heavy atom. The number of aromatic nitrogens is 2. The highest BCUT2D eigenvalue weighted by molar-refractivity contribution is 7.89. The highest BCUT2D eigenvalue weighted by Crippen LogP contribution is 2.22. The van der Waals surface area contributed by atoms with Crippen molar-refractivity contribution in [1.82, 2.24) is 14.7 Å². The number of anilines is 1. The molecule has 0 bridgehead atoms. The number of nitrogens with zero attached hydrogens (tertiary/aromatic N) is 2. The summed E-state index contributed by atoms with van der Waals surface area (Å²) >= 11 is 0. The lowest BCUT2D eigenvalue weighted by Crippen LogP contribution is -2.25. The normalized spacial score (nSPS) is 11.6. The maximum Gasteiger partial charge on any atom is 0.241 e. The molecule has 112 valence electrons. The van der Waals surface area contributed by atoms with Crippen LogP contribution >= 0.6 is 0 Å². The Morgan fingerprint density at radius 1 is 1.19 bits per heavy atom. The molecule has 1 aromatic carbocycles. The Balaban J connectivity index is 2.27. The predicted molar refractivity (Wildman–Crippen MR) is 81.1 cm³/mol. The van der Waals surface area contributed by atoms with Gasteiger partial charge in [0.1, 0.15) is 5.82 Å². The maximum atomic E-state index is 12.4. The van der Waals surface area contributed by atoms with Gasteiger partial charge in [0, 0.05) is 11.9 Å². The average molecular weight is 306 g/mol. The highest BCUT2D eigenvalue weighted by Gasteiger charge is 2.19. The molecule has 0 radical (unpaired) electrons. The number of hydrogen-bond donors (Lipinski definition) is 2. The van der Waals surface area contributed by atoms with Crippen molar-refractivity contribution in [2.45, 2.75) is 32.2 Å². The third kappa shape index (κ3) is 3.56. The van der Waals surface area contributed by atoms with Gasteiger partial charge in [0.2, 0.25) is 10.0 Å². The van der Waals surface area contributed by atoms with Gasteiger partial charge in [-0.2, -0.15) is 0 Å². The largest absolute Gasteiger partial charge is 0.399 e. The van der Waals surface area contributed by atoms with E-state index in [4.69, 9.17) is 5.73 Å². The summed E-state index contributed by atoms with van der Waals surface area (Å²) in [5, 5.41) is 0. The van der Waals surface area contributed by atoms with E-state index in [9.17, 15) is 8.42 Å². The third-order valence-electron chi connectivity index (χ3n) is 3.03. The zero-order chi connectivity index (χ0) is 15.6. The van der Waals surface area contributed by atoms with Crippen LogP contribution in [0.4, 0.5) is 5.69 Å². The lowest BCUT2D eigenvalue weighted by molar-refractivity contribution is 0.579. The monoisotopic (exact) mass is 306 g/mol. The van der Waals surface area contributed by atoms with Crippen molar-refractivity contribution < 1.29 is 8.42 Å². The molecular weight excluding hydrogens is 288 g/mol. The topological polar surface area (TPSA) is 98.0 Å². The quantitative estimate of drug-likeness (QED) is 0.833. The van der Waals surface area contributed by atoms with Gasteiger partial charge in [-0.1, -0.05) is 0 Å². The number of benzene rings is 1. The van der Waals surface area contributed by atoms with Crippen LogP contribution in [0.1, 0.15) is 22.6 Å². The Labute approximate surface area is 124 Å². The van der Waals surface area contributed by atoms with Crippen LogP contribution in [0.5, 0.6) is 0 Å². The van der Waals surface area contributed by atoms with Gasteiger partial charge in [0.15, 0.2) is 0 Å². The van der Waals surface area contributed by atoms with Gasteiger partial charge in [0.25, 0.3) is 0 Å². The van der Waals surface area contributed by atoms with Crippen molar-refractivity contribution in [2.75, 3.05) is 5.73 Å². The van der Waals surface area contributed by atoms with Gasteiger partial charge >= 0.3 is 0 Å². The van der Waals surface area contributed by atoms with E-state index < -0.39 is 10.0 Å². The molecule has 0 unspecified atom stereocenters. The number of sulfonamides is 1. The number of nitrogen functional groups attached to an aromatic ring is 1. The molecule has 0 atom stereocenters. The van der Waals surface area contributed by atoms with Gasteiger partial charge in [-0.25, -0.2) is 23.1 Å². The van der Waals surface area contributed by atoms with Crippen molar-refractivity contribution in [3.63, 3.8) is 0 Å². The van der Waals surface area contributed by atoms with Crippen molar-refractivity contribution in [3.05, 3.63) is 47.0 Å². The Hall–Kier alpha value is -1.99. The molecule has 0 saturated carbocycles. The summed E-state index contributed by atoms with van der Waals surface area (Å²) in [5.41, 5.74) is 8.14. The summed E-state index contributed by atoms with van der Waals surface area (Å²) in [6.07, 6.45) is 1.60. The number of nitrogens with one attached hydrogen (secondary N) is 1. The zero-order valence-corrected chi connectivity index (χ0v) is 13.0. The molecule has 2 aromatic rings. The molecule has 0 amide bonds. The summed E-state index contributed by atoms with van der Waals surface area (Å²) < 4.78 is 27.5. The summed E-state index contributed by atoms with van der Waals surface area (Å²) in [6.45, 7) is 5.33. The number of rotatable bonds is 4. The lowest BCUT2D eigenvalue weighted by Gasteiger charge is -2.13. The molecule has 0 spiro atoms. The molecule has 21 heavy (non-hydrogen) atoms. The molecule has 7 heteroatoms. The zero-order valence-electron chi connectivity index (χ0n) is 12.2. The van der Waals surface area contributed by atoms with E-state index in [1.165, 1.54) is 0 Å². The number of hydrogen-bond acceptors (Lipinski definition) is 5. The van der Waals surface area contributed by atoms with Crippen molar-refractivity contribution in [3.8, 4) is 0 Å². The van der Waals surface area contributed by atoms with Gasteiger partial charge in [-0.05, 0) is 50.1 Å². The molecule has 1 heterocycles. The van der Waals surface area contributed by atoms with E-state index in [1.54, 1.807) is 45.2 Å². The molecule has 0 aliphatic rings. The van der Waals surface area contributed by atoms with Crippen LogP contribution in [0, 0.1) is 20.8 Å². The molecular formula is C14H18N4O2S. The molecule has 3 N–H and O–H groups in total. The van der Waals surface area contributed by atoms with Crippen LogP contribution in [0.25, 0.3) is 0 Å². The molecule has 0 aliphatic heterocycles. The summed E-state index contributed by atoms with van der Waals surface area (Å²) in [6, 6.07) is 4.98. The first-order chi connectivity index (χ1) is 9.79. The lowest BCUT2D eigenvalue weighted by atomic mass is 10.1. The number of aryl methyl sites for hydroxylation is 3. The van der Waals surface area contributed by atoms with E-state index in [2.05, 4.69) is 14.7 Å². The Morgan fingerprint density at radius 2 is 1.81 bits per heavy atom. The second kappa shape index (κ2) is 5.79. The van der Waals surface area contributed by atoms with Crippen LogP contribution in [0.3, 0.4) is 0 Å². The molecule has 0 saturated heterocycles. The van der Waals surface area contributed by atoms with Crippen molar-refractivity contribution in [2.24, 2.45) is 0 Å². The fourth-order valence-electron chi connectivity index (χ4n) is 2.25. The van der Waals surface area contributed by atoms with Gasteiger partial charge in [-0.3, -0.25) is 0 Å². The fraction of sp³-hybridized carbons (Fsp3) is 0.286. The maximum absolute atomic E-state index is 12.4. The molecule has 6 nitrogen and oxygen atoms in total. The van der Waals surface area contributed by atoms with Crippen LogP contribution in [0.2, 0.25) is 0 Å². The van der Waals surface area contributed by atoms with Gasteiger partial charge < -0.3 is 5.73 Å². The second-order valence-corrected chi connectivity index (χ2v) is 6.61. The standard InChI is InChI=1S/C14H18N4O2S/c1-9-6-12(15)7-10(2)14(9)21(19,20)17-8-13-4-5-16-11(3)18-13/h4-7,17H,8,15H2,1-3H3. The fourth-order valence-corrected chi connectivity index (χ4v) is 3.70. The first-order valence-corrected chi connectivity index (χ1v) is 7.93. The van der Waals surface area contributed by atoms with E-state index in [0.29, 0.717) is 28.3 Å². The van der Waals surface area contributed by atoms with E-state index in [0.717, 1.165) is 0 Å². The van der Waals surface area contributed by atoms with Crippen molar-refractivity contribution >= 4 is 15.7 Å². The van der Waals surface area contributed by atoms with E-state index in [1.807, 2.05) is 0 Å². The minimum Gasteiger partial charge on any atom is -0.399 e. The molecule has 1 aromatic heterocycles. The van der Waals surface area contributed by atoms with Crippen LogP contribution in [-0.4, -0.2) is 18.4 Å². The average Bonchev–Trinajstić information content (AvgIpc) is 2.35. The summed E-state index contributed by atoms with van der Waals surface area (Å²) in [7, 11) is -3.62. The number of nitrogens with two attached hydrogens (primary N) is 1. The summed E-state index contributed by atoms with van der Waals surface area (Å²) in [4.78, 5) is 8.42. The van der Waals surface area contributed by atoms with Crippen LogP contribution in [0.15, 0.2) is 29.3 Å². The first-order valence-electron chi connectivity index (χ1n) is 6.44. The minimum absolute atomic E-state index is 0.120. The Kier molecular flexibility index (Phi) is 4.24. The minimum atomic E-state index is -3.62. The SMILES string of the molecule is Cc1nccc(CNS(=O)(=O)c2c(C)cc(N)cc2C)n1. The third-order valence-corrected chi connectivity index (χ3v) is 4.73. The second-order valence-electron chi connectivity index (χ2n) is 4.90. The predicted octanol–water partition coefficient (Wildman–Crippen LogP) is 1.46.